The van der Waals surface area contributed by atoms with Crippen LogP contribution < -0.4 is 9.47 Å². The Balaban J connectivity index is 2.93. The first-order chi connectivity index (χ1) is 8.08. The summed E-state index contributed by atoms with van der Waals surface area (Å²) in [6.45, 7) is 6.54. The normalized spacial score (nSPS) is 11.7. The zero-order chi connectivity index (χ0) is 12.8. The van der Waals surface area contributed by atoms with Crippen molar-refractivity contribution in [3.63, 3.8) is 0 Å². The lowest BCUT2D eigenvalue weighted by Gasteiger charge is -2.13. The van der Waals surface area contributed by atoms with Crippen molar-refractivity contribution in [2.45, 2.75) is 20.8 Å². The minimum Gasteiger partial charge on any atom is -0.493 e. The van der Waals surface area contributed by atoms with Crippen LogP contribution in [0.5, 0.6) is 11.5 Å². The van der Waals surface area contributed by atoms with Crippen LogP contribution in [0.1, 0.15) is 26.3 Å². The van der Waals surface area contributed by atoms with Crippen LogP contribution in [0, 0.1) is 5.92 Å². The summed E-state index contributed by atoms with van der Waals surface area (Å²) in [7, 11) is 1.59. The molecule has 0 unspecified atom stereocenters. The van der Waals surface area contributed by atoms with Crippen molar-refractivity contribution in [1.82, 2.24) is 0 Å². The molecular weight excluding hydrogens is 218 g/mol. The maximum absolute atomic E-state index is 8.71. The fourth-order valence-electron chi connectivity index (χ4n) is 1.33. The van der Waals surface area contributed by atoms with E-state index in [9.17, 15) is 0 Å². The molecule has 0 saturated heterocycles. The lowest BCUT2D eigenvalue weighted by atomic mass is 10.1. The molecule has 1 aromatic carbocycles. The topological polar surface area (TPSA) is 51.0 Å². The Morgan fingerprint density at radius 1 is 1.35 bits per heavy atom. The Bertz CT molecular complexity index is 400. The molecule has 0 radical (unpaired) electrons. The average molecular weight is 237 g/mol. The molecule has 1 rings (SSSR count). The van der Waals surface area contributed by atoms with Gasteiger partial charge in [-0.1, -0.05) is 19.0 Å². The van der Waals surface area contributed by atoms with E-state index >= 15 is 0 Å². The van der Waals surface area contributed by atoms with Crippen molar-refractivity contribution >= 4 is 5.71 Å². The minimum absolute atomic E-state index is 0.458. The standard InChI is InChI=1S/C13H19NO3/c1-9(2)8-17-12-6-5-11(10(3)14-15)7-13(12)16-4/h5-7,9,15H,8H2,1-4H3/b14-10+. The highest BCUT2D eigenvalue weighted by Crippen LogP contribution is 2.28. The third-order valence-electron chi connectivity index (χ3n) is 2.30. The van der Waals surface area contributed by atoms with Crippen molar-refractivity contribution in [1.29, 1.82) is 0 Å². The zero-order valence-corrected chi connectivity index (χ0v) is 10.7. The van der Waals surface area contributed by atoms with Gasteiger partial charge in [0.2, 0.25) is 0 Å². The van der Waals surface area contributed by atoms with Crippen LogP contribution in [0.4, 0.5) is 0 Å². The molecule has 0 heterocycles. The smallest absolute Gasteiger partial charge is 0.161 e. The number of oxime groups is 1. The number of benzene rings is 1. The van der Waals surface area contributed by atoms with Crippen molar-refractivity contribution in [2.24, 2.45) is 11.1 Å². The van der Waals surface area contributed by atoms with Crippen LogP contribution >= 0.6 is 0 Å². The van der Waals surface area contributed by atoms with Crippen LogP contribution in [0.15, 0.2) is 23.4 Å². The van der Waals surface area contributed by atoms with E-state index in [2.05, 4.69) is 19.0 Å². The summed E-state index contributed by atoms with van der Waals surface area (Å²) < 4.78 is 10.9. The van der Waals surface area contributed by atoms with Crippen LogP contribution in [-0.4, -0.2) is 24.6 Å². The van der Waals surface area contributed by atoms with Gasteiger partial charge in [0, 0.05) is 5.56 Å². The highest BCUT2D eigenvalue weighted by Gasteiger charge is 2.08. The Labute approximate surface area is 102 Å². The molecule has 4 nitrogen and oxygen atoms in total. The van der Waals surface area contributed by atoms with Gasteiger partial charge < -0.3 is 14.7 Å². The SMILES string of the molecule is COc1cc(/C(C)=N/O)ccc1OCC(C)C. The van der Waals surface area contributed by atoms with E-state index in [0.717, 1.165) is 5.56 Å². The van der Waals surface area contributed by atoms with Gasteiger partial charge in [0.1, 0.15) is 0 Å². The Morgan fingerprint density at radius 2 is 2.06 bits per heavy atom. The van der Waals surface area contributed by atoms with Gasteiger partial charge in [0.05, 0.1) is 19.4 Å². The summed E-state index contributed by atoms with van der Waals surface area (Å²) in [5.74, 6) is 1.81. The quantitative estimate of drug-likeness (QED) is 0.486. The van der Waals surface area contributed by atoms with Gasteiger partial charge in [-0.3, -0.25) is 0 Å². The molecule has 0 saturated carbocycles. The molecule has 0 aliphatic heterocycles. The lowest BCUT2D eigenvalue weighted by molar-refractivity contribution is 0.257. The van der Waals surface area contributed by atoms with Crippen molar-refractivity contribution in [3.8, 4) is 11.5 Å². The van der Waals surface area contributed by atoms with E-state index < -0.39 is 0 Å². The maximum Gasteiger partial charge on any atom is 0.161 e. The van der Waals surface area contributed by atoms with Crippen molar-refractivity contribution in [3.05, 3.63) is 23.8 Å². The summed E-state index contributed by atoms with van der Waals surface area (Å²) in [5.41, 5.74) is 1.35. The number of rotatable bonds is 5. The average Bonchev–Trinajstić information content (AvgIpc) is 2.34. The maximum atomic E-state index is 8.71. The highest BCUT2D eigenvalue weighted by atomic mass is 16.5. The fourth-order valence-corrected chi connectivity index (χ4v) is 1.33. The molecule has 17 heavy (non-hydrogen) atoms. The first-order valence-corrected chi connectivity index (χ1v) is 5.58. The van der Waals surface area contributed by atoms with E-state index in [0.29, 0.717) is 29.7 Å². The summed E-state index contributed by atoms with van der Waals surface area (Å²) in [6.07, 6.45) is 0. The molecular formula is C13H19NO3. The first kappa shape index (κ1) is 13.4. The van der Waals surface area contributed by atoms with E-state index in [1.165, 1.54) is 0 Å². The Kier molecular flexibility index (Phi) is 4.82. The summed E-state index contributed by atoms with van der Waals surface area (Å²) in [6, 6.07) is 5.46. The molecule has 0 bridgehead atoms. The Morgan fingerprint density at radius 3 is 2.59 bits per heavy atom. The predicted molar refractivity (Wildman–Crippen MR) is 67.3 cm³/mol. The number of hydrogen-bond donors (Lipinski definition) is 1. The second-order valence-corrected chi connectivity index (χ2v) is 4.26. The predicted octanol–water partition coefficient (Wildman–Crippen LogP) is 2.93. The van der Waals surface area contributed by atoms with E-state index in [4.69, 9.17) is 14.7 Å². The summed E-state index contributed by atoms with van der Waals surface area (Å²) >= 11 is 0. The molecule has 94 valence electrons. The van der Waals surface area contributed by atoms with E-state index in [1.54, 1.807) is 20.1 Å². The number of nitrogens with zero attached hydrogens (tertiary/aromatic N) is 1. The number of methoxy groups -OCH3 is 1. The number of ether oxygens (including phenoxy) is 2. The minimum atomic E-state index is 0.458. The number of hydrogen-bond acceptors (Lipinski definition) is 4. The van der Waals surface area contributed by atoms with Gasteiger partial charge in [0.15, 0.2) is 11.5 Å². The van der Waals surface area contributed by atoms with Crippen LogP contribution in [0.3, 0.4) is 0 Å². The van der Waals surface area contributed by atoms with Crippen LogP contribution in [-0.2, 0) is 0 Å². The summed E-state index contributed by atoms with van der Waals surface area (Å²) in [5, 5.41) is 11.9. The van der Waals surface area contributed by atoms with Gasteiger partial charge in [0.25, 0.3) is 0 Å². The van der Waals surface area contributed by atoms with Gasteiger partial charge in [-0.05, 0) is 31.0 Å². The second kappa shape index (κ2) is 6.13. The molecule has 4 heteroatoms. The highest BCUT2D eigenvalue weighted by molar-refractivity contribution is 5.98. The van der Waals surface area contributed by atoms with Crippen LogP contribution in [0.2, 0.25) is 0 Å². The lowest BCUT2D eigenvalue weighted by Crippen LogP contribution is -2.06. The molecule has 0 aliphatic rings. The van der Waals surface area contributed by atoms with E-state index in [1.807, 2.05) is 12.1 Å². The summed E-state index contributed by atoms with van der Waals surface area (Å²) in [4.78, 5) is 0. The Hall–Kier alpha value is -1.71. The third-order valence-corrected chi connectivity index (χ3v) is 2.30. The molecule has 1 aromatic rings. The second-order valence-electron chi connectivity index (χ2n) is 4.26. The van der Waals surface area contributed by atoms with Crippen molar-refractivity contribution in [2.75, 3.05) is 13.7 Å². The molecule has 1 N–H and O–H groups in total. The molecule has 0 spiro atoms. The van der Waals surface area contributed by atoms with Gasteiger partial charge >= 0.3 is 0 Å². The van der Waals surface area contributed by atoms with Crippen LogP contribution in [0.25, 0.3) is 0 Å². The van der Waals surface area contributed by atoms with E-state index in [-0.39, 0.29) is 0 Å². The first-order valence-electron chi connectivity index (χ1n) is 5.58. The molecule has 0 aromatic heterocycles. The molecule has 0 amide bonds. The molecule has 0 atom stereocenters. The molecule has 0 aliphatic carbocycles. The largest absolute Gasteiger partial charge is 0.493 e. The zero-order valence-electron chi connectivity index (χ0n) is 10.7. The van der Waals surface area contributed by atoms with Gasteiger partial charge in [-0.15, -0.1) is 0 Å². The van der Waals surface area contributed by atoms with Crippen molar-refractivity contribution < 1.29 is 14.7 Å². The molecule has 0 fully saturated rings. The monoisotopic (exact) mass is 237 g/mol. The third kappa shape index (κ3) is 3.66. The fraction of sp³-hybridized carbons (Fsp3) is 0.462. The van der Waals surface area contributed by atoms with Gasteiger partial charge in [-0.25, -0.2) is 0 Å². The van der Waals surface area contributed by atoms with Gasteiger partial charge in [-0.2, -0.15) is 0 Å².